The van der Waals surface area contributed by atoms with E-state index in [0.29, 0.717) is 22.0 Å². The molecule has 0 radical (unpaired) electrons. The highest BCUT2D eigenvalue weighted by Gasteiger charge is 2.31. The molecule has 0 unspecified atom stereocenters. The van der Waals surface area contributed by atoms with Gasteiger partial charge in [-0.3, -0.25) is 0 Å². The molecular weight excluding hydrogens is 389 g/mol. The van der Waals surface area contributed by atoms with Gasteiger partial charge in [-0.05, 0) is 47.8 Å². The third kappa shape index (κ3) is 2.68. The first kappa shape index (κ1) is 16.1. The van der Waals surface area contributed by atoms with Gasteiger partial charge in [0.2, 0.25) is 0 Å². The van der Waals surface area contributed by atoms with E-state index in [1.807, 2.05) is 6.92 Å². The molecule has 5 N–H and O–H groups in total. The zero-order valence-corrected chi connectivity index (χ0v) is 15.1. The molecule has 25 heavy (non-hydrogen) atoms. The molecular formula is C16H17BrFN7. The Labute approximate surface area is 151 Å². The highest BCUT2D eigenvalue weighted by molar-refractivity contribution is 9.10. The van der Waals surface area contributed by atoms with Crippen molar-refractivity contribution in [1.82, 2.24) is 19.5 Å². The van der Waals surface area contributed by atoms with Crippen LogP contribution in [-0.2, 0) is 0 Å². The van der Waals surface area contributed by atoms with Gasteiger partial charge in [0.15, 0.2) is 11.6 Å². The van der Waals surface area contributed by atoms with Crippen LogP contribution in [0.1, 0.15) is 37.7 Å². The predicted octanol–water partition coefficient (Wildman–Crippen LogP) is 3.40. The van der Waals surface area contributed by atoms with E-state index in [1.54, 1.807) is 6.07 Å². The van der Waals surface area contributed by atoms with Gasteiger partial charge >= 0.3 is 0 Å². The highest BCUT2D eigenvalue weighted by Crippen LogP contribution is 2.42. The zero-order chi connectivity index (χ0) is 17.7. The van der Waals surface area contributed by atoms with Crippen molar-refractivity contribution in [2.75, 3.05) is 16.8 Å². The number of hydrogen-bond acceptors (Lipinski definition) is 6. The normalized spacial score (nSPS) is 15.5. The number of nitrogens with two attached hydrogens (primary N) is 2. The summed E-state index contributed by atoms with van der Waals surface area (Å²) in [5.74, 6) is 1.19. The molecule has 1 aliphatic rings. The number of nitrogens with one attached hydrogen (secondary N) is 1. The first-order chi connectivity index (χ1) is 12.0. The number of hydrogen-bond donors (Lipinski definition) is 3. The maximum Gasteiger partial charge on any atom is 0.155 e. The maximum absolute atomic E-state index is 14.0. The number of aromatic nitrogens is 4. The Morgan fingerprint density at radius 1 is 1.32 bits per heavy atom. The Kier molecular flexibility index (Phi) is 3.75. The molecule has 1 aliphatic carbocycles. The molecule has 1 saturated carbocycles. The van der Waals surface area contributed by atoms with Crippen LogP contribution in [-0.4, -0.2) is 19.5 Å². The second-order valence-electron chi connectivity index (χ2n) is 6.19. The molecule has 2 heterocycles. The van der Waals surface area contributed by atoms with E-state index in [2.05, 4.69) is 35.8 Å². The Morgan fingerprint density at radius 3 is 2.80 bits per heavy atom. The van der Waals surface area contributed by atoms with Gasteiger partial charge < -0.3 is 21.4 Å². The van der Waals surface area contributed by atoms with E-state index >= 15 is 0 Å². The molecule has 0 amide bonds. The number of nitrogens with zero attached hydrogens (tertiary/aromatic N) is 4. The highest BCUT2D eigenvalue weighted by atomic mass is 79.9. The molecule has 0 saturated heterocycles. The number of rotatable bonds is 4. The number of halogens is 2. The zero-order valence-electron chi connectivity index (χ0n) is 13.5. The predicted molar refractivity (Wildman–Crippen MR) is 98.6 cm³/mol. The molecule has 4 rings (SSSR count). The van der Waals surface area contributed by atoms with Crippen LogP contribution in [0.5, 0.6) is 0 Å². The molecule has 0 bridgehead atoms. The average molecular weight is 406 g/mol. The third-order valence-corrected chi connectivity index (χ3v) is 5.09. The Morgan fingerprint density at radius 2 is 2.08 bits per heavy atom. The topological polar surface area (TPSA) is 108 Å². The lowest BCUT2D eigenvalue weighted by atomic mass is 10.3. The van der Waals surface area contributed by atoms with Gasteiger partial charge in [-0.1, -0.05) is 0 Å². The van der Waals surface area contributed by atoms with Crippen molar-refractivity contribution >= 4 is 44.3 Å². The van der Waals surface area contributed by atoms with E-state index in [0.717, 1.165) is 29.7 Å². The lowest BCUT2D eigenvalue weighted by Gasteiger charge is -2.18. The van der Waals surface area contributed by atoms with Crippen molar-refractivity contribution in [3.63, 3.8) is 0 Å². The minimum absolute atomic E-state index is 0.195. The Hall–Kier alpha value is -2.42. The summed E-state index contributed by atoms with van der Waals surface area (Å²) in [7, 11) is 0. The first-order valence-electron chi connectivity index (χ1n) is 7.95. The third-order valence-electron chi connectivity index (χ3n) is 4.34. The van der Waals surface area contributed by atoms with Crippen LogP contribution < -0.4 is 16.8 Å². The van der Waals surface area contributed by atoms with Crippen LogP contribution in [0.15, 0.2) is 22.9 Å². The molecule has 2 aromatic heterocycles. The van der Waals surface area contributed by atoms with Crippen molar-refractivity contribution in [3.05, 3.63) is 34.6 Å². The van der Waals surface area contributed by atoms with E-state index in [9.17, 15) is 4.39 Å². The lowest BCUT2D eigenvalue weighted by molar-refractivity contribution is 0.618. The lowest BCUT2D eigenvalue weighted by Crippen LogP contribution is -2.16. The largest absolute Gasteiger partial charge is 0.393 e. The fourth-order valence-electron chi connectivity index (χ4n) is 2.94. The second-order valence-corrected chi connectivity index (χ2v) is 6.98. The van der Waals surface area contributed by atoms with Gasteiger partial charge in [0, 0.05) is 6.04 Å². The summed E-state index contributed by atoms with van der Waals surface area (Å²) in [5.41, 5.74) is 13.5. The van der Waals surface area contributed by atoms with Gasteiger partial charge in [0.05, 0.1) is 21.5 Å². The SMILES string of the molecule is C[C@H](Nc1ncnc(N)c1N)c1nc2ccc(F)c(Br)c2n1C1CC1. The van der Waals surface area contributed by atoms with Crippen LogP contribution in [0.2, 0.25) is 0 Å². The van der Waals surface area contributed by atoms with Crippen molar-refractivity contribution in [3.8, 4) is 0 Å². The van der Waals surface area contributed by atoms with Crippen LogP contribution in [0.3, 0.4) is 0 Å². The van der Waals surface area contributed by atoms with Crippen molar-refractivity contribution < 1.29 is 4.39 Å². The minimum atomic E-state index is -0.297. The van der Waals surface area contributed by atoms with Gasteiger partial charge in [-0.2, -0.15) is 0 Å². The van der Waals surface area contributed by atoms with Gasteiger partial charge in [-0.25, -0.2) is 19.3 Å². The molecule has 9 heteroatoms. The summed E-state index contributed by atoms with van der Waals surface area (Å²) in [6.07, 6.45) is 3.46. The van der Waals surface area contributed by atoms with Crippen LogP contribution in [0.25, 0.3) is 11.0 Å². The van der Waals surface area contributed by atoms with E-state index < -0.39 is 0 Å². The molecule has 0 aliphatic heterocycles. The van der Waals surface area contributed by atoms with Crippen molar-refractivity contribution in [1.29, 1.82) is 0 Å². The standard InChI is InChI=1S/C16H17BrFN7/c1-7(23-15-12(19)14(20)21-6-22-15)16-24-10-5-4-9(18)11(17)13(10)25(16)8-2-3-8/h4-8H,2-3,19H2,1H3,(H3,20,21,22,23)/t7-/m0/s1. The molecule has 0 spiro atoms. The maximum atomic E-state index is 14.0. The van der Waals surface area contributed by atoms with E-state index in [-0.39, 0.29) is 17.7 Å². The number of nitrogen functional groups attached to an aromatic ring is 2. The van der Waals surface area contributed by atoms with E-state index in [4.69, 9.17) is 16.5 Å². The van der Waals surface area contributed by atoms with Gasteiger partial charge in [0.1, 0.15) is 23.7 Å². The molecule has 1 aromatic carbocycles. The van der Waals surface area contributed by atoms with Crippen LogP contribution >= 0.6 is 15.9 Å². The summed E-state index contributed by atoms with van der Waals surface area (Å²) in [6.45, 7) is 1.96. The molecule has 1 atom stereocenters. The summed E-state index contributed by atoms with van der Waals surface area (Å²) in [6, 6.07) is 3.25. The van der Waals surface area contributed by atoms with E-state index in [1.165, 1.54) is 12.4 Å². The van der Waals surface area contributed by atoms with Crippen LogP contribution in [0, 0.1) is 5.82 Å². The fourth-order valence-corrected chi connectivity index (χ4v) is 3.47. The summed E-state index contributed by atoms with van der Waals surface area (Å²) in [5, 5.41) is 3.24. The van der Waals surface area contributed by atoms with Crippen LogP contribution in [0.4, 0.5) is 21.7 Å². The molecule has 130 valence electrons. The molecule has 3 aromatic rings. The number of fused-ring (bicyclic) bond motifs is 1. The van der Waals surface area contributed by atoms with Crippen molar-refractivity contribution in [2.24, 2.45) is 0 Å². The Bertz CT molecular complexity index is 967. The monoisotopic (exact) mass is 405 g/mol. The fraction of sp³-hybridized carbons (Fsp3) is 0.312. The summed E-state index contributed by atoms with van der Waals surface area (Å²) < 4.78 is 16.6. The van der Waals surface area contributed by atoms with Crippen molar-refractivity contribution in [2.45, 2.75) is 31.8 Å². The second kappa shape index (κ2) is 5.83. The van der Waals surface area contributed by atoms with Gasteiger partial charge in [0.25, 0.3) is 0 Å². The number of anilines is 3. The molecule has 1 fully saturated rings. The summed E-state index contributed by atoms with van der Waals surface area (Å²) >= 11 is 3.36. The minimum Gasteiger partial charge on any atom is -0.393 e. The average Bonchev–Trinajstić information content (AvgIpc) is 3.35. The first-order valence-corrected chi connectivity index (χ1v) is 8.75. The Balaban J connectivity index is 1.79. The number of benzene rings is 1. The molecule has 7 nitrogen and oxygen atoms in total. The number of imidazole rings is 1. The smallest absolute Gasteiger partial charge is 0.155 e. The summed E-state index contributed by atoms with van der Waals surface area (Å²) in [4.78, 5) is 12.7. The van der Waals surface area contributed by atoms with Gasteiger partial charge in [-0.15, -0.1) is 0 Å². The quantitative estimate of drug-likeness (QED) is 0.613.